The van der Waals surface area contributed by atoms with Gasteiger partial charge in [-0.15, -0.1) is 24.0 Å². The molecule has 1 fully saturated rings. The second kappa shape index (κ2) is 14.0. The smallest absolute Gasteiger partial charge is 0.191 e. The van der Waals surface area contributed by atoms with Crippen molar-refractivity contribution in [1.82, 2.24) is 15.5 Å². The number of halogens is 2. The van der Waals surface area contributed by atoms with Gasteiger partial charge in [0, 0.05) is 44.8 Å². The normalized spacial score (nSPS) is 14.8. The van der Waals surface area contributed by atoms with Gasteiger partial charge in [0.2, 0.25) is 0 Å². The molecule has 0 radical (unpaired) electrons. The minimum absolute atomic E-state index is 0. The van der Waals surface area contributed by atoms with Crippen molar-refractivity contribution in [2.24, 2.45) is 4.99 Å². The number of guanidine groups is 1. The number of likely N-dealkylation sites (tertiary alicyclic amines) is 1. The summed E-state index contributed by atoms with van der Waals surface area (Å²) in [7, 11) is 3.26. The van der Waals surface area contributed by atoms with Crippen LogP contribution in [-0.4, -0.2) is 50.8 Å². The first-order chi connectivity index (χ1) is 15.6. The summed E-state index contributed by atoms with van der Waals surface area (Å²) in [4.78, 5) is 6.72. The lowest BCUT2D eigenvalue weighted by molar-refractivity contribution is 0.198. The maximum Gasteiger partial charge on any atom is 0.191 e. The fourth-order valence-corrected chi connectivity index (χ4v) is 3.81. The van der Waals surface area contributed by atoms with Gasteiger partial charge in [0.05, 0.1) is 7.11 Å². The van der Waals surface area contributed by atoms with Crippen LogP contribution in [0, 0.1) is 5.82 Å². The third kappa shape index (κ3) is 8.19. The van der Waals surface area contributed by atoms with E-state index in [1.807, 2.05) is 30.3 Å². The van der Waals surface area contributed by atoms with Crippen LogP contribution >= 0.6 is 24.0 Å². The van der Waals surface area contributed by atoms with Gasteiger partial charge >= 0.3 is 0 Å². The lowest BCUT2D eigenvalue weighted by Gasteiger charge is -2.33. The zero-order valence-corrected chi connectivity index (χ0v) is 21.7. The fourth-order valence-electron chi connectivity index (χ4n) is 3.81. The third-order valence-corrected chi connectivity index (χ3v) is 5.55. The van der Waals surface area contributed by atoms with E-state index in [1.54, 1.807) is 25.3 Å². The lowest BCUT2D eigenvalue weighted by atomic mass is 10.0. The van der Waals surface area contributed by atoms with Crippen molar-refractivity contribution >= 4 is 29.9 Å². The minimum atomic E-state index is -0.312. The molecule has 1 saturated heterocycles. The van der Waals surface area contributed by atoms with Crippen LogP contribution in [0.5, 0.6) is 11.5 Å². The van der Waals surface area contributed by atoms with Crippen molar-refractivity contribution in [3.05, 3.63) is 72.1 Å². The Balaban J connectivity index is 0.00000385. The molecule has 33 heavy (non-hydrogen) atoms. The predicted molar refractivity (Wildman–Crippen MR) is 142 cm³/mol. The molecule has 0 unspecified atom stereocenters. The molecule has 0 bridgehead atoms. The number of piperidine rings is 1. The highest BCUT2D eigenvalue weighted by Gasteiger charge is 2.20. The van der Waals surface area contributed by atoms with E-state index >= 15 is 0 Å². The molecule has 0 spiro atoms. The number of ether oxygens (including phenoxy) is 2. The van der Waals surface area contributed by atoms with E-state index in [4.69, 9.17) is 9.47 Å². The molecular weight excluding hydrogens is 534 g/mol. The summed E-state index contributed by atoms with van der Waals surface area (Å²) in [5.41, 5.74) is 2.03. The maximum atomic E-state index is 13.9. The predicted octanol–water partition coefficient (Wildman–Crippen LogP) is 4.35. The first kappa shape index (κ1) is 26.9. The van der Waals surface area contributed by atoms with Crippen molar-refractivity contribution in [2.75, 3.05) is 33.9 Å². The Hall–Kier alpha value is -2.33. The van der Waals surface area contributed by atoms with Crippen molar-refractivity contribution in [2.45, 2.75) is 32.0 Å². The van der Waals surface area contributed by atoms with Crippen LogP contribution in [0.2, 0.25) is 0 Å². The van der Waals surface area contributed by atoms with E-state index in [0.29, 0.717) is 19.2 Å². The quantitative estimate of drug-likeness (QED) is 0.204. The number of benzene rings is 2. The molecule has 6 nitrogen and oxygen atoms in total. The standard InChI is InChI=1S/C25H33FN4O2.HI/c1-4-15-32-23-8-6-5-7-20(23)17-28-25(27-2)29-21-11-13-30(14-12-21)18-19-9-10-24(31-3)22(26)16-19;/h4-10,16,21H,1,11-15,17-18H2,2-3H3,(H2,27,28,29);1H. The highest BCUT2D eigenvalue weighted by Crippen LogP contribution is 2.21. The van der Waals surface area contributed by atoms with Gasteiger partial charge in [-0.25, -0.2) is 4.39 Å². The zero-order chi connectivity index (χ0) is 22.8. The summed E-state index contributed by atoms with van der Waals surface area (Å²) in [6.07, 6.45) is 3.74. The topological polar surface area (TPSA) is 58.1 Å². The average Bonchev–Trinajstić information content (AvgIpc) is 2.82. The van der Waals surface area contributed by atoms with Gasteiger partial charge in [-0.05, 0) is 36.6 Å². The van der Waals surface area contributed by atoms with E-state index in [0.717, 1.165) is 55.3 Å². The Morgan fingerprint density at radius 1 is 1.21 bits per heavy atom. The molecule has 180 valence electrons. The molecule has 2 N–H and O–H groups in total. The van der Waals surface area contributed by atoms with Crippen LogP contribution in [0.4, 0.5) is 4.39 Å². The van der Waals surface area contributed by atoms with Gasteiger partial charge < -0.3 is 20.1 Å². The molecule has 8 heteroatoms. The van der Waals surface area contributed by atoms with Crippen LogP contribution in [0.15, 0.2) is 60.1 Å². The number of nitrogens with one attached hydrogen (secondary N) is 2. The largest absolute Gasteiger partial charge is 0.494 e. The van der Waals surface area contributed by atoms with Gasteiger partial charge in [-0.2, -0.15) is 0 Å². The molecule has 0 aromatic heterocycles. The molecular formula is C25H34FIN4O2. The van der Waals surface area contributed by atoms with Gasteiger partial charge in [-0.1, -0.05) is 36.9 Å². The molecule has 1 aliphatic rings. The van der Waals surface area contributed by atoms with Crippen LogP contribution in [0.25, 0.3) is 0 Å². The van der Waals surface area contributed by atoms with Crippen molar-refractivity contribution in [3.8, 4) is 11.5 Å². The van der Waals surface area contributed by atoms with Gasteiger partial charge in [0.25, 0.3) is 0 Å². The van der Waals surface area contributed by atoms with Gasteiger partial charge in [0.15, 0.2) is 17.5 Å². The van der Waals surface area contributed by atoms with Crippen LogP contribution in [0.1, 0.15) is 24.0 Å². The van der Waals surface area contributed by atoms with E-state index in [-0.39, 0.29) is 35.5 Å². The molecule has 1 aliphatic heterocycles. The summed E-state index contributed by atoms with van der Waals surface area (Å²) in [5, 5.41) is 6.91. The Labute approximate surface area is 213 Å². The number of para-hydroxylation sites is 1. The maximum absolute atomic E-state index is 13.9. The molecule has 0 saturated carbocycles. The molecule has 2 aromatic rings. The van der Waals surface area contributed by atoms with Gasteiger partial charge in [0.1, 0.15) is 12.4 Å². The molecule has 2 aromatic carbocycles. The van der Waals surface area contributed by atoms with Crippen molar-refractivity contribution in [3.63, 3.8) is 0 Å². The summed E-state index contributed by atoms with van der Waals surface area (Å²) >= 11 is 0. The second-order valence-corrected chi connectivity index (χ2v) is 7.80. The molecule has 0 aliphatic carbocycles. The van der Waals surface area contributed by atoms with Crippen LogP contribution in [-0.2, 0) is 13.1 Å². The number of hydrogen-bond acceptors (Lipinski definition) is 4. The summed E-state index contributed by atoms with van der Waals surface area (Å²) in [6, 6.07) is 13.5. The summed E-state index contributed by atoms with van der Waals surface area (Å²) in [5.74, 6) is 1.59. The third-order valence-electron chi connectivity index (χ3n) is 5.55. The zero-order valence-electron chi connectivity index (χ0n) is 19.4. The number of methoxy groups -OCH3 is 1. The van der Waals surface area contributed by atoms with Crippen LogP contribution < -0.4 is 20.1 Å². The fraction of sp³-hybridized carbons (Fsp3) is 0.400. The van der Waals surface area contributed by atoms with E-state index in [9.17, 15) is 4.39 Å². The Morgan fingerprint density at radius 3 is 2.64 bits per heavy atom. The molecule has 3 rings (SSSR count). The molecule has 1 heterocycles. The first-order valence-electron chi connectivity index (χ1n) is 11.0. The number of rotatable bonds is 9. The van der Waals surface area contributed by atoms with Gasteiger partial charge in [-0.3, -0.25) is 9.89 Å². The average molecular weight is 568 g/mol. The Kier molecular flexibility index (Phi) is 11.5. The minimum Gasteiger partial charge on any atom is -0.494 e. The number of nitrogens with zero attached hydrogens (tertiary/aromatic N) is 2. The highest BCUT2D eigenvalue weighted by molar-refractivity contribution is 14.0. The second-order valence-electron chi connectivity index (χ2n) is 7.80. The number of aliphatic imine (C=N–C) groups is 1. The van der Waals surface area contributed by atoms with Crippen LogP contribution in [0.3, 0.4) is 0 Å². The van der Waals surface area contributed by atoms with E-state index in [2.05, 4.69) is 27.1 Å². The Bertz CT molecular complexity index is 917. The van der Waals surface area contributed by atoms with E-state index < -0.39 is 0 Å². The van der Waals surface area contributed by atoms with Crippen molar-refractivity contribution in [1.29, 1.82) is 0 Å². The monoisotopic (exact) mass is 568 g/mol. The molecule has 0 amide bonds. The first-order valence-corrected chi connectivity index (χ1v) is 11.0. The Morgan fingerprint density at radius 2 is 1.97 bits per heavy atom. The lowest BCUT2D eigenvalue weighted by Crippen LogP contribution is -2.48. The summed E-state index contributed by atoms with van der Waals surface area (Å²) < 4.78 is 24.7. The van der Waals surface area contributed by atoms with Crippen molar-refractivity contribution < 1.29 is 13.9 Å². The molecule has 0 atom stereocenters. The SMILES string of the molecule is C=CCOc1ccccc1CNC(=NC)NC1CCN(Cc2ccc(OC)c(F)c2)CC1.I. The number of hydrogen-bond donors (Lipinski definition) is 2. The highest BCUT2D eigenvalue weighted by atomic mass is 127. The summed E-state index contributed by atoms with van der Waals surface area (Å²) in [6.45, 7) is 7.43. The van der Waals surface area contributed by atoms with E-state index in [1.165, 1.54) is 7.11 Å².